The minimum absolute atomic E-state index is 0.0345. The number of carbonyl (C=O) groups excluding carboxylic acids is 1. The lowest BCUT2D eigenvalue weighted by molar-refractivity contribution is 0.102. The molecule has 8 heteroatoms. The Morgan fingerprint density at radius 3 is 2.27 bits per heavy atom. The Bertz CT molecular complexity index is 1010. The van der Waals surface area contributed by atoms with Gasteiger partial charge in [-0.05, 0) is 50.2 Å². The molecule has 3 rings (SSSR count). The van der Waals surface area contributed by atoms with Gasteiger partial charge in [0.1, 0.15) is 0 Å². The average molecular weight is 371 g/mol. The molecule has 0 unspecified atom stereocenters. The predicted octanol–water partition coefficient (Wildman–Crippen LogP) is 3.17. The molecule has 3 aromatic rings. The molecular formula is C18H17N3O4S. The van der Waals surface area contributed by atoms with Gasteiger partial charge in [0.2, 0.25) is 5.89 Å². The number of hydrogen-bond acceptors (Lipinski definition) is 6. The summed E-state index contributed by atoms with van der Waals surface area (Å²) >= 11 is 0. The first-order chi connectivity index (χ1) is 12.4. The van der Waals surface area contributed by atoms with Crippen LogP contribution in [0.1, 0.15) is 24.2 Å². The molecule has 1 amide bonds. The number of nitrogens with zero attached hydrogens (tertiary/aromatic N) is 2. The molecule has 0 aliphatic heterocycles. The Labute approximate surface area is 151 Å². The van der Waals surface area contributed by atoms with E-state index in [-0.39, 0.29) is 22.7 Å². The number of nitrogens with one attached hydrogen (secondary N) is 1. The summed E-state index contributed by atoms with van der Waals surface area (Å²) in [5.74, 6) is -0.180. The van der Waals surface area contributed by atoms with Crippen molar-refractivity contribution in [3.05, 3.63) is 60.2 Å². The molecule has 0 bridgehead atoms. The topological polar surface area (TPSA) is 102 Å². The van der Waals surface area contributed by atoms with Gasteiger partial charge in [-0.3, -0.25) is 10.1 Å². The van der Waals surface area contributed by atoms with Crippen molar-refractivity contribution in [2.24, 2.45) is 0 Å². The molecule has 1 aromatic heterocycles. The molecule has 0 spiro atoms. The molecule has 0 radical (unpaired) electrons. The first-order valence-electron chi connectivity index (χ1n) is 7.92. The van der Waals surface area contributed by atoms with Crippen molar-refractivity contribution < 1.29 is 17.6 Å². The zero-order valence-corrected chi connectivity index (χ0v) is 15.0. The van der Waals surface area contributed by atoms with E-state index in [0.29, 0.717) is 11.1 Å². The van der Waals surface area contributed by atoms with Crippen LogP contribution >= 0.6 is 0 Å². The van der Waals surface area contributed by atoms with Crippen molar-refractivity contribution in [3.8, 4) is 11.5 Å². The molecule has 134 valence electrons. The third kappa shape index (κ3) is 3.65. The van der Waals surface area contributed by atoms with Crippen LogP contribution < -0.4 is 5.32 Å². The summed E-state index contributed by atoms with van der Waals surface area (Å²) in [7, 11) is -3.34. The van der Waals surface area contributed by atoms with Crippen molar-refractivity contribution >= 4 is 21.8 Å². The highest BCUT2D eigenvalue weighted by atomic mass is 32.2. The fraction of sp³-hybridized carbons (Fsp3) is 0.167. The maximum absolute atomic E-state index is 12.1. The quantitative estimate of drug-likeness (QED) is 0.739. The molecule has 1 N–H and O–H groups in total. The van der Waals surface area contributed by atoms with E-state index in [0.717, 1.165) is 0 Å². The second kappa shape index (κ2) is 7.09. The molecule has 0 atom stereocenters. The maximum atomic E-state index is 12.1. The van der Waals surface area contributed by atoms with Crippen molar-refractivity contribution in [1.29, 1.82) is 0 Å². The van der Waals surface area contributed by atoms with Crippen LogP contribution in [0.5, 0.6) is 0 Å². The SMILES string of the molecule is CC(C)S(=O)(=O)c1ccc(-c2nnc(NC(=O)c3ccccc3)o2)cc1. The summed E-state index contributed by atoms with van der Waals surface area (Å²) in [6.07, 6.45) is 0. The molecule has 1 heterocycles. The zero-order valence-electron chi connectivity index (χ0n) is 14.2. The third-order valence-corrected chi connectivity index (χ3v) is 5.90. The maximum Gasteiger partial charge on any atom is 0.322 e. The summed E-state index contributed by atoms with van der Waals surface area (Å²) in [6, 6.07) is 14.8. The van der Waals surface area contributed by atoms with Gasteiger partial charge in [0.05, 0.1) is 10.1 Å². The predicted molar refractivity (Wildman–Crippen MR) is 96.5 cm³/mol. The Kier molecular flexibility index (Phi) is 4.85. The van der Waals surface area contributed by atoms with E-state index >= 15 is 0 Å². The minimum atomic E-state index is -3.34. The zero-order chi connectivity index (χ0) is 18.7. The van der Waals surface area contributed by atoms with Crippen molar-refractivity contribution in [2.75, 3.05) is 5.32 Å². The molecule has 0 saturated carbocycles. The van der Waals surface area contributed by atoms with Gasteiger partial charge in [-0.25, -0.2) is 8.42 Å². The lowest BCUT2D eigenvalue weighted by Gasteiger charge is -2.07. The summed E-state index contributed by atoms with van der Waals surface area (Å²) in [6.45, 7) is 3.26. The highest BCUT2D eigenvalue weighted by molar-refractivity contribution is 7.92. The van der Waals surface area contributed by atoms with Crippen LogP contribution in [-0.2, 0) is 9.84 Å². The van der Waals surface area contributed by atoms with Crippen LogP contribution in [0.3, 0.4) is 0 Å². The number of carbonyl (C=O) groups is 1. The van der Waals surface area contributed by atoms with E-state index in [9.17, 15) is 13.2 Å². The van der Waals surface area contributed by atoms with Gasteiger partial charge in [0.15, 0.2) is 9.84 Å². The standard InChI is InChI=1S/C18H17N3O4S/c1-12(2)26(23,24)15-10-8-14(9-11-15)17-20-21-18(25-17)19-16(22)13-6-4-3-5-7-13/h3-12H,1-2H3,(H,19,21,22). The molecule has 0 saturated heterocycles. The van der Waals surface area contributed by atoms with E-state index in [1.807, 2.05) is 6.07 Å². The minimum Gasteiger partial charge on any atom is -0.403 e. The summed E-state index contributed by atoms with van der Waals surface area (Å²) in [5.41, 5.74) is 1.02. The highest BCUT2D eigenvalue weighted by Crippen LogP contribution is 2.23. The first kappa shape index (κ1) is 17.8. The lowest BCUT2D eigenvalue weighted by Crippen LogP contribution is -2.13. The molecule has 7 nitrogen and oxygen atoms in total. The molecule has 2 aromatic carbocycles. The Balaban J connectivity index is 1.77. The van der Waals surface area contributed by atoms with Crippen molar-refractivity contribution in [2.45, 2.75) is 24.0 Å². The number of sulfone groups is 1. The Morgan fingerprint density at radius 2 is 1.65 bits per heavy atom. The van der Waals surface area contributed by atoms with Crippen LogP contribution in [0.2, 0.25) is 0 Å². The molecular weight excluding hydrogens is 354 g/mol. The van der Waals surface area contributed by atoms with Gasteiger partial charge < -0.3 is 4.42 Å². The van der Waals surface area contributed by atoms with Gasteiger partial charge in [-0.2, -0.15) is 0 Å². The summed E-state index contributed by atoms with van der Waals surface area (Å²) in [4.78, 5) is 12.3. The lowest BCUT2D eigenvalue weighted by atomic mass is 10.2. The van der Waals surface area contributed by atoms with Crippen LogP contribution in [0, 0.1) is 0 Å². The van der Waals surface area contributed by atoms with Gasteiger partial charge >= 0.3 is 6.01 Å². The normalized spacial score (nSPS) is 11.5. The van der Waals surface area contributed by atoms with Gasteiger partial charge in [0, 0.05) is 11.1 Å². The molecule has 0 aliphatic rings. The van der Waals surface area contributed by atoms with Crippen molar-refractivity contribution in [3.63, 3.8) is 0 Å². The Hall–Kier alpha value is -3.00. The Morgan fingerprint density at radius 1 is 1.00 bits per heavy atom. The van der Waals surface area contributed by atoms with Gasteiger partial charge in [0.25, 0.3) is 5.91 Å². The molecule has 0 fully saturated rings. The number of anilines is 1. The van der Waals surface area contributed by atoms with Gasteiger partial charge in [-0.15, -0.1) is 5.10 Å². The molecule has 0 aliphatic carbocycles. The van der Waals surface area contributed by atoms with E-state index in [4.69, 9.17) is 4.42 Å². The summed E-state index contributed by atoms with van der Waals surface area (Å²) < 4.78 is 29.7. The van der Waals surface area contributed by atoms with Gasteiger partial charge in [-0.1, -0.05) is 23.3 Å². The number of aromatic nitrogens is 2. The van der Waals surface area contributed by atoms with Crippen LogP contribution in [0.25, 0.3) is 11.5 Å². The highest BCUT2D eigenvalue weighted by Gasteiger charge is 2.19. The van der Waals surface area contributed by atoms with E-state index in [1.165, 1.54) is 12.1 Å². The van der Waals surface area contributed by atoms with Crippen molar-refractivity contribution in [1.82, 2.24) is 10.2 Å². The average Bonchev–Trinajstić information content (AvgIpc) is 3.11. The van der Waals surface area contributed by atoms with E-state index in [1.54, 1.807) is 50.2 Å². The number of rotatable bonds is 5. The second-order valence-electron chi connectivity index (χ2n) is 5.85. The monoisotopic (exact) mass is 371 g/mol. The fourth-order valence-electron chi connectivity index (χ4n) is 2.21. The molecule has 26 heavy (non-hydrogen) atoms. The number of benzene rings is 2. The second-order valence-corrected chi connectivity index (χ2v) is 8.35. The fourth-order valence-corrected chi connectivity index (χ4v) is 3.27. The largest absolute Gasteiger partial charge is 0.403 e. The number of amides is 1. The third-order valence-electron chi connectivity index (χ3n) is 3.73. The summed E-state index contributed by atoms with van der Waals surface area (Å²) in [5, 5.41) is 9.69. The van der Waals surface area contributed by atoms with E-state index in [2.05, 4.69) is 15.5 Å². The van der Waals surface area contributed by atoms with E-state index < -0.39 is 15.1 Å². The number of hydrogen-bond donors (Lipinski definition) is 1. The smallest absolute Gasteiger partial charge is 0.322 e. The van der Waals surface area contributed by atoms with Crippen LogP contribution in [-0.4, -0.2) is 29.8 Å². The first-order valence-corrected chi connectivity index (χ1v) is 9.47. The van der Waals surface area contributed by atoms with Crippen LogP contribution in [0.4, 0.5) is 6.01 Å². The van der Waals surface area contributed by atoms with Crippen LogP contribution in [0.15, 0.2) is 63.9 Å².